The molecule has 0 aliphatic carbocycles. The van der Waals surface area contributed by atoms with Crippen LogP contribution in [-0.2, 0) is 0 Å². The molecule has 4 heteroatoms. The Labute approximate surface area is 116 Å². The van der Waals surface area contributed by atoms with Gasteiger partial charge in [-0.3, -0.25) is 0 Å². The highest BCUT2D eigenvalue weighted by Crippen LogP contribution is 2.28. The molecule has 1 unspecified atom stereocenters. The molecule has 1 aromatic heterocycles. The molecule has 0 radical (unpaired) electrons. The van der Waals surface area contributed by atoms with Gasteiger partial charge in [-0.1, -0.05) is 41.9 Å². The highest BCUT2D eigenvalue weighted by Gasteiger charge is 2.15. The number of halogens is 1. The van der Waals surface area contributed by atoms with E-state index in [4.69, 9.17) is 11.6 Å². The van der Waals surface area contributed by atoms with Crippen molar-refractivity contribution in [2.45, 2.75) is 19.0 Å². The Bertz CT molecular complexity index is 486. The lowest BCUT2D eigenvalue weighted by Crippen LogP contribution is -2.26. The van der Waals surface area contributed by atoms with Crippen molar-refractivity contribution in [3.05, 3.63) is 57.2 Å². The highest BCUT2D eigenvalue weighted by molar-refractivity contribution is 7.16. The number of nitrogens with one attached hydrogen (secondary N) is 1. The van der Waals surface area contributed by atoms with Crippen LogP contribution in [0.4, 0.5) is 0 Å². The van der Waals surface area contributed by atoms with E-state index in [0.717, 1.165) is 9.90 Å². The van der Waals surface area contributed by atoms with Crippen LogP contribution in [0.25, 0.3) is 0 Å². The Morgan fingerprint density at radius 3 is 2.50 bits per heavy atom. The molecule has 96 valence electrons. The van der Waals surface area contributed by atoms with Gasteiger partial charge in [-0.05, 0) is 24.6 Å². The van der Waals surface area contributed by atoms with Gasteiger partial charge in [-0.25, -0.2) is 0 Å². The third kappa shape index (κ3) is 3.33. The van der Waals surface area contributed by atoms with Crippen LogP contribution in [0.15, 0.2) is 42.5 Å². The van der Waals surface area contributed by atoms with Crippen molar-refractivity contribution in [2.24, 2.45) is 0 Å². The molecule has 1 heterocycles. The summed E-state index contributed by atoms with van der Waals surface area (Å²) < 4.78 is 0.791. The molecule has 0 aliphatic rings. The molecule has 2 nitrogen and oxygen atoms in total. The van der Waals surface area contributed by atoms with Gasteiger partial charge in [-0.2, -0.15) is 0 Å². The van der Waals surface area contributed by atoms with E-state index in [-0.39, 0.29) is 18.7 Å². The number of thiophene rings is 1. The average Bonchev–Trinajstić information content (AvgIpc) is 2.83. The van der Waals surface area contributed by atoms with E-state index < -0.39 is 0 Å². The zero-order valence-corrected chi connectivity index (χ0v) is 11.7. The van der Waals surface area contributed by atoms with Crippen LogP contribution in [-0.4, -0.2) is 11.7 Å². The van der Waals surface area contributed by atoms with Crippen LogP contribution in [0.5, 0.6) is 0 Å². The molecule has 1 aromatic carbocycles. The lowest BCUT2D eigenvalue weighted by molar-refractivity contribution is 0.236. The lowest BCUT2D eigenvalue weighted by Gasteiger charge is -2.21. The Morgan fingerprint density at radius 1 is 1.22 bits per heavy atom. The Kier molecular flexibility index (Phi) is 4.78. The van der Waals surface area contributed by atoms with E-state index in [2.05, 4.69) is 12.2 Å². The minimum atomic E-state index is -0.0536. The fourth-order valence-corrected chi connectivity index (χ4v) is 2.96. The van der Waals surface area contributed by atoms with Crippen LogP contribution in [0.3, 0.4) is 0 Å². The quantitative estimate of drug-likeness (QED) is 0.874. The summed E-state index contributed by atoms with van der Waals surface area (Å²) in [5.41, 5.74) is 1.09. The normalized spacial score (nSPS) is 14.4. The Balaban J connectivity index is 2.07. The fourth-order valence-electron chi connectivity index (χ4n) is 1.88. The zero-order valence-electron chi connectivity index (χ0n) is 10.1. The predicted molar refractivity (Wildman–Crippen MR) is 77.1 cm³/mol. The molecule has 18 heavy (non-hydrogen) atoms. The van der Waals surface area contributed by atoms with Crippen LogP contribution in [0, 0.1) is 0 Å². The standard InChI is InChI=1S/C14H16ClNOS/c1-10(13-7-8-14(15)18-13)16-12(9-17)11-5-3-2-4-6-11/h2-8,10,12,16-17H,9H2,1H3/t10?,12-/m1/s1. The van der Waals surface area contributed by atoms with Crippen molar-refractivity contribution in [1.29, 1.82) is 0 Å². The summed E-state index contributed by atoms with van der Waals surface area (Å²) >= 11 is 7.50. The first kappa shape index (κ1) is 13.6. The molecule has 2 atom stereocenters. The topological polar surface area (TPSA) is 32.3 Å². The first-order valence-corrected chi connectivity index (χ1v) is 7.07. The average molecular weight is 282 g/mol. The fraction of sp³-hybridized carbons (Fsp3) is 0.286. The number of benzene rings is 1. The second-order valence-corrected chi connectivity index (χ2v) is 5.92. The molecule has 0 fully saturated rings. The maximum atomic E-state index is 9.50. The molecule has 0 bridgehead atoms. The molecule has 2 aromatic rings. The van der Waals surface area contributed by atoms with E-state index in [0.29, 0.717) is 0 Å². The van der Waals surface area contributed by atoms with Crippen LogP contribution in [0.2, 0.25) is 4.34 Å². The molecule has 2 rings (SSSR count). The third-order valence-electron chi connectivity index (χ3n) is 2.86. The number of hydrogen-bond donors (Lipinski definition) is 2. The van der Waals surface area contributed by atoms with E-state index >= 15 is 0 Å². The summed E-state index contributed by atoms with van der Waals surface area (Å²) in [6.45, 7) is 2.15. The number of rotatable bonds is 5. The SMILES string of the molecule is CC(N[C@H](CO)c1ccccc1)c1ccc(Cl)s1. The van der Waals surface area contributed by atoms with Gasteiger partial charge in [0.15, 0.2) is 0 Å². The van der Waals surface area contributed by atoms with E-state index in [9.17, 15) is 5.11 Å². The maximum absolute atomic E-state index is 9.50. The summed E-state index contributed by atoms with van der Waals surface area (Å²) in [4.78, 5) is 1.18. The second-order valence-electron chi connectivity index (χ2n) is 4.18. The van der Waals surface area contributed by atoms with Gasteiger partial charge in [0.1, 0.15) is 0 Å². The summed E-state index contributed by atoms with van der Waals surface area (Å²) in [6, 6.07) is 14.0. The number of hydrogen-bond acceptors (Lipinski definition) is 3. The van der Waals surface area contributed by atoms with Crippen molar-refractivity contribution in [3.8, 4) is 0 Å². The molecule has 0 aliphatic heterocycles. The van der Waals surface area contributed by atoms with Gasteiger partial charge in [0.25, 0.3) is 0 Å². The molecule has 0 saturated heterocycles. The van der Waals surface area contributed by atoms with Crippen molar-refractivity contribution in [1.82, 2.24) is 5.32 Å². The predicted octanol–water partition coefficient (Wildman–Crippen LogP) is 3.79. The minimum absolute atomic E-state index is 0.0536. The number of aliphatic hydroxyl groups excluding tert-OH is 1. The first-order valence-electron chi connectivity index (χ1n) is 5.88. The van der Waals surface area contributed by atoms with E-state index in [1.807, 2.05) is 42.5 Å². The van der Waals surface area contributed by atoms with Crippen LogP contribution < -0.4 is 5.32 Å². The van der Waals surface area contributed by atoms with Crippen molar-refractivity contribution >= 4 is 22.9 Å². The molecule has 0 saturated carbocycles. The third-order valence-corrected chi connectivity index (χ3v) is 4.27. The lowest BCUT2D eigenvalue weighted by atomic mass is 10.1. The van der Waals surface area contributed by atoms with Crippen LogP contribution >= 0.6 is 22.9 Å². The molecular weight excluding hydrogens is 266 g/mol. The largest absolute Gasteiger partial charge is 0.394 e. The Hall–Kier alpha value is -0.870. The van der Waals surface area contributed by atoms with Gasteiger partial charge in [-0.15, -0.1) is 11.3 Å². The van der Waals surface area contributed by atoms with Crippen LogP contribution in [0.1, 0.15) is 29.4 Å². The Morgan fingerprint density at radius 2 is 1.94 bits per heavy atom. The van der Waals surface area contributed by atoms with E-state index in [1.165, 1.54) is 4.88 Å². The summed E-state index contributed by atoms with van der Waals surface area (Å²) in [5, 5.41) is 12.9. The molecular formula is C14H16ClNOS. The molecule has 2 N–H and O–H groups in total. The van der Waals surface area contributed by atoms with Gasteiger partial charge in [0, 0.05) is 10.9 Å². The molecule has 0 spiro atoms. The van der Waals surface area contributed by atoms with Gasteiger partial charge in [0.2, 0.25) is 0 Å². The zero-order chi connectivity index (χ0) is 13.0. The van der Waals surface area contributed by atoms with Crippen molar-refractivity contribution in [3.63, 3.8) is 0 Å². The molecule has 0 amide bonds. The summed E-state index contributed by atoms with van der Waals surface area (Å²) in [6.07, 6.45) is 0. The first-order chi connectivity index (χ1) is 8.70. The number of aliphatic hydroxyl groups is 1. The van der Waals surface area contributed by atoms with Gasteiger partial charge in [0.05, 0.1) is 17.0 Å². The van der Waals surface area contributed by atoms with E-state index in [1.54, 1.807) is 11.3 Å². The smallest absolute Gasteiger partial charge is 0.0931 e. The summed E-state index contributed by atoms with van der Waals surface area (Å²) in [5.74, 6) is 0. The second kappa shape index (κ2) is 6.34. The minimum Gasteiger partial charge on any atom is -0.394 e. The summed E-state index contributed by atoms with van der Waals surface area (Å²) in [7, 11) is 0. The monoisotopic (exact) mass is 281 g/mol. The van der Waals surface area contributed by atoms with Crippen molar-refractivity contribution in [2.75, 3.05) is 6.61 Å². The maximum Gasteiger partial charge on any atom is 0.0931 e. The van der Waals surface area contributed by atoms with Gasteiger partial charge >= 0.3 is 0 Å². The van der Waals surface area contributed by atoms with Crippen molar-refractivity contribution < 1.29 is 5.11 Å². The van der Waals surface area contributed by atoms with Gasteiger partial charge < -0.3 is 10.4 Å². The highest BCUT2D eigenvalue weighted by atomic mass is 35.5.